The fourth-order valence-electron chi connectivity index (χ4n) is 3.09. The minimum atomic E-state index is -0.903. The third kappa shape index (κ3) is 4.79. The van der Waals surface area contributed by atoms with Crippen LogP contribution < -0.4 is 11.2 Å². The lowest BCUT2D eigenvalue weighted by atomic mass is 10.0. The van der Waals surface area contributed by atoms with E-state index in [1.807, 2.05) is 6.07 Å². The van der Waals surface area contributed by atoms with Crippen molar-refractivity contribution >= 4 is 13.8 Å². The molecule has 2 unspecified atom stereocenters. The molecule has 1 N–H and O–H groups in total. The molecule has 0 aliphatic carbocycles. The van der Waals surface area contributed by atoms with Gasteiger partial charge in [-0.2, -0.15) is 0 Å². The van der Waals surface area contributed by atoms with Crippen LogP contribution in [0.5, 0.6) is 0 Å². The van der Waals surface area contributed by atoms with E-state index < -0.39 is 29.0 Å². The topological polar surface area (TPSA) is 99.6 Å². The first-order chi connectivity index (χ1) is 13.5. The highest BCUT2D eigenvalue weighted by Gasteiger charge is 2.43. The molecule has 2 atom stereocenters. The first-order valence-corrected chi connectivity index (χ1v) is 9.02. The van der Waals surface area contributed by atoms with E-state index in [9.17, 15) is 14.4 Å². The second kappa shape index (κ2) is 9.03. The van der Waals surface area contributed by atoms with Gasteiger partial charge >= 0.3 is 11.7 Å². The van der Waals surface area contributed by atoms with Crippen molar-refractivity contribution in [1.29, 1.82) is 0 Å². The molecule has 146 valence electrons. The third-order valence-corrected chi connectivity index (χ3v) is 4.50. The number of rotatable bonds is 8. The number of aromatic nitrogens is 2. The molecule has 2 radical (unpaired) electrons. The predicted octanol–water partition coefficient (Wildman–Crippen LogP) is 1.04. The lowest BCUT2D eigenvalue weighted by Crippen LogP contribution is -2.41. The highest BCUT2D eigenvalue weighted by atomic mass is 16.6. The van der Waals surface area contributed by atoms with Crippen LogP contribution in [0.2, 0.25) is 6.32 Å². The van der Waals surface area contributed by atoms with Crippen LogP contribution in [0.3, 0.4) is 0 Å². The fourth-order valence-corrected chi connectivity index (χ4v) is 3.09. The summed E-state index contributed by atoms with van der Waals surface area (Å²) in [6, 6.07) is 9.90. The number of hydrogen-bond donors (Lipinski definition) is 1. The molecule has 0 amide bonds. The molecule has 1 fully saturated rings. The number of hydrogen-bond acceptors (Lipinski definition) is 6. The summed E-state index contributed by atoms with van der Waals surface area (Å²) in [6.07, 6.45) is 2.15. The van der Waals surface area contributed by atoms with Crippen LogP contribution in [0.1, 0.15) is 29.4 Å². The van der Waals surface area contributed by atoms with Crippen molar-refractivity contribution in [3.8, 4) is 0 Å². The van der Waals surface area contributed by atoms with E-state index in [4.69, 9.17) is 22.1 Å². The summed E-state index contributed by atoms with van der Waals surface area (Å²) in [5, 5.41) is 0. The third-order valence-electron chi connectivity index (χ3n) is 4.50. The quantitative estimate of drug-likeness (QED) is 0.415. The van der Waals surface area contributed by atoms with Crippen LogP contribution in [-0.2, 0) is 14.2 Å². The summed E-state index contributed by atoms with van der Waals surface area (Å²) in [5.41, 5.74) is -1.50. The molecule has 1 aliphatic heterocycles. The number of carbonyl (C=O) groups excluding carboxylic acids is 1. The minimum absolute atomic E-state index is 0.0279. The van der Waals surface area contributed by atoms with E-state index in [1.165, 1.54) is 16.8 Å². The molecule has 8 nitrogen and oxygen atoms in total. The Morgan fingerprint density at radius 1 is 1.25 bits per heavy atom. The monoisotopic (exact) mass is 384 g/mol. The lowest BCUT2D eigenvalue weighted by molar-refractivity contribution is -0.135. The maximum atomic E-state index is 12.3. The second-order valence-corrected chi connectivity index (χ2v) is 6.60. The molecular weight excluding hydrogens is 363 g/mol. The second-order valence-electron chi connectivity index (χ2n) is 6.60. The van der Waals surface area contributed by atoms with Gasteiger partial charge in [-0.1, -0.05) is 24.5 Å². The van der Waals surface area contributed by atoms with Gasteiger partial charge in [0.15, 0.2) is 0 Å². The largest absolute Gasteiger partial charge is 0.459 e. The summed E-state index contributed by atoms with van der Waals surface area (Å²) < 4.78 is 18.4. The summed E-state index contributed by atoms with van der Waals surface area (Å²) >= 11 is 0. The standard InChI is InChI=1S/C19H21BN2O6/c20-9-11-26-12-19(13-27-17(24)14-4-2-1-3-5-14)8-6-16(28-19)22-10-7-15(23)21-18(22)25/h1-5,7,10,16H,6,8-9,11-13H2,(H,21,23,25). The number of nitrogens with zero attached hydrogens (tertiary/aromatic N) is 1. The molecule has 0 spiro atoms. The van der Waals surface area contributed by atoms with Gasteiger partial charge in [-0.3, -0.25) is 14.3 Å². The summed E-state index contributed by atoms with van der Waals surface area (Å²) in [6.45, 7) is 0.474. The van der Waals surface area contributed by atoms with Crippen molar-refractivity contribution in [2.45, 2.75) is 31.0 Å². The highest BCUT2D eigenvalue weighted by Crippen LogP contribution is 2.36. The average molecular weight is 384 g/mol. The fraction of sp³-hybridized carbons (Fsp3) is 0.421. The van der Waals surface area contributed by atoms with Crippen LogP contribution in [0.25, 0.3) is 0 Å². The maximum absolute atomic E-state index is 12.3. The number of carbonyl (C=O) groups is 1. The van der Waals surface area contributed by atoms with Crippen molar-refractivity contribution in [2.75, 3.05) is 19.8 Å². The number of H-pyrrole nitrogens is 1. The van der Waals surface area contributed by atoms with E-state index in [0.29, 0.717) is 31.3 Å². The summed E-state index contributed by atoms with van der Waals surface area (Å²) in [5.74, 6) is -0.466. The normalized spacial score (nSPS) is 21.5. The number of ether oxygens (including phenoxy) is 3. The molecule has 1 aromatic carbocycles. The zero-order chi connectivity index (χ0) is 20.0. The average Bonchev–Trinajstić information content (AvgIpc) is 3.11. The van der Waals surface area contributed by atoms with E-state index >= 15 is 0 Å². The van der Waals surface area contributed by atoms with Gasteiger partial charge in [-0.15, -0.1) is 0 Å². The summed E-state index contributed by atoms with van der Waals surface area (Å²) in [4.78, 5) is 37.8. The predicted molar refractivity (Wildman–Crippen MR) is 102 cm³/mol. The Morgan fingerprint density at radius 2 is 2.04 bits per heavy atom. The molecule has 0 saturated carbocycles. The molecule has 3 rings (SSSR count). The van der Waals surface area contributed by atoms with Crippen molar-refractivity contribution < 1.29 is 19.0 Å². The Balaban J connectivity index is 1.72. The summed E-state index contributed by atoms with van der Waals surface area (Å²) in [7, 11) is 5.48. The molecule has 28 heavy (non-hydrogen) atoms. The van der Waals surface area contributed by atoms with Gasteiger partial charge in [0.05, 0.1) is 20.0 Å². The maximum Gasteiger partial charge on any atom is 0.338 e. The van der Waals surface area contributed by atoms with Crippen LogP contribution in [0, 0.1) is 0 Å². The van der Waals surface area contributed by atoms with Crippen molar-refractivity contribution in [3.05, 3.63) is 69.0 Å². The smallest absolute Gasteiger partial charge is 0.338 e. The Bertz CT molecular complexity index is 912. The van der Waals surface area contributed by atoms with E-state index in [2.05, 4.69) is 4.98 Å². The van der Waals surface area contributed by atoms with Crippen LogP contribution in [-0.4, -0.2) is 48.8 Å². The Kier molecular flexibility index (Phi) is 6.48. The van der Waals surface area contributed by atoms with Gasteiger partial charge < -0.3 is 14.2 Å². The van der Waals surface area contributed by atoms with E-state index in [-0.39, 0.29) is 13.2 Å². The van der Waals surface area contributed by atoms with Gasteiger partial charge in [0.2, 0.25) is 0 Å². The Hall–Kier alpha value is -2.65. The van der Waals surface area contributed by atoms with Crippen LogP contribution in [0.4, 0.5) is 0 Å². The number of esters is 1. The van der Waals surface area contributed by atoms with Crippen molar-refractivity contribution in [3.63, 3.8) is 0 Å². The minimum Gasteiger partial charge on any atom is -0.459 e. The van der Waals surface area contributed by atoms with Gasteiger partial charge in [0.1, 0.15) is 18.4 Å². The highest BCUT2D eigenvalue weighted by molar-refractivity contribution is 6.08. The first kappa shape index (κ1) is 20.1. The van der Waals surface area contributed by atoms with E-state index in [0.717, 1.165) is 0 Å². The zero-order valence-electron chi connectivity index (χ0n) is 15.3. The number of nitrogens with one attached hydrogen (secondary N) is 1. The molecule has 0 bridgehead atoms. The first-order valence-electron chi connectivity index (χ1n) is 9.02. The molecular formula is C19H21BN2O6. The molecule has 2 heterocycles. The SMILES string of the molecule is [B]CCOCC1(COC(=O)c2ccccc2)CCC(n2ccc(=O)[nH]c2=O)O1. The van der Waals surface area contributed by atoms with Crippen LogP contribution >= 0.6 is 0 Å². The van der Waals surface area contributed by atoms with Crippen molar-refractivity contribution in [1.82, 2.24) is 9.55 Å². The van der Waals surface area contributed by atoms with Gasteiger partial charge in [-0.05, 0) is 25.0 Å². The number of aromatic amines is 1. The molecule has 1 saturated heterocycles. The van der Waals surface area contributed by atoms with Gasteiger partial charge in [0, 0.05) is 18.9 Å². The Labute approximate surface area is 162 Å². The molecule has 2 aromatic rings. The van der Waals surface area contributed by atoms with E-state index in [1.54, 1.807) is 24.3 Å². The molecule has 1 aromatic heterocycles. The van der Waals surface area contributed by atoms with Gasteiger partial charge in [-0.25, -0.2) is 9.59 Å². The zero-order valence-corrected chi connectivity index (χ0v) is 15.3. The lowest BCUT2D eigenvalue weighted by Gasteiger charge is -2.29. The molecule has 1 aliphatic rings. The number of benzene rings is 1. The Morgan fingerprint density at radius 3 is 2.75 bits per heavy atom. The molecule has 9 heteroatoms. The van der Waals surface area contributed by atoms with Crippen molar-refractivity contribution in [2.24, 2.45) is 0 Å². The van der Waals surface area contributed by atoms with Crippen LogP contribution in [0.15, 0.2) is 52.2 Å². The van der Waals surface area contributed by atoms with Gasteiger partial charge in [0.25, 0.3) is 5.56 Å².